The second-order valence-electron chi connectivity index (χ2n) is 4.06. The molecule has 0 aliphatic carbocycles. The molecule has 0 spiro atoms. The van der Waals surface area contributed by atoms with E-state index < -0.39 is 0 Å². The summed E-state index contributed by atoms with van der Waals surface area (Å²) in [7, 11) is 0. The SMILES string of the molecule is Cc1ccc(C(N)Cn2ncccc2=O)cc1. The Hall–Kier alpha value is -1.94. The van der Waals surface area contributed by atoms with Crippen LogP contribution in [0.3, 0.4) is 0 Å². The average molecular weight is 229 g/mol. The van der Waals surface area contributed by atoms with Crippen LogP contribution in [0.15, 0.2) is 47.4 Å². The van der Waals surface area contributed by atoms with Crippen LogP contribution in [0, 0.1) is 6.92 Å². The molecule has 4 nitrogen and oxygen atoms in total. The number of aromatic nitrogens is 2. The summed E-state index contributed by atoms with van der Waals surface area (Å²) < 4.78 is 1.38. The third kappa shape index (κ3) is 2.79. The maximum absolute atomic E-state index is 11.5. The second kappa shape index (κ2) is 4.93. The van der Waals surface area contributed by atoms with Gasteiger partial charge in [0.25, 0.3) is 5.56 Å². The summed E-state index contributed by atoms with van der Waals surface area (Å²) in [4.78, 5) is 11.5. The fourth-order valence-corrected chi connectivity index (χ4v) is 1.63. The molecule has 0 bridgehead atoms. The number of hydrogen-bond acceptors (Lipinski definition) is 3. The van der Waals surface area contributed by atoms with E-state index in [9.17, 15) is 4.79 Å². The molecule has 88 valence electrons. The minimum Gasteiger partial charge on any atom is -0.322 e. The van der Waals surface area contributed by atoms with Gasteiger partial charge in [-0.25, -0.2) is 4.68 Å². The van der Waals surface area contributed by atoms with Crippen molar-refractivity contribution in [3.05, 3.63) is 64.1 Å². The lowest BCUT2D eigenvalue weighted by atomic mass is 10.1. The first-order valence-electron chi connectivity index (χ1n) is 5.51. The highest BCUT2D eigenvalue weighted by Gasteiger charge is 2.07. The molecule has 1 aromatic carbocycles. The van der Waals surface area contributed by atoms with E-state index in [-0.39, 0.29) is 11.6 Å². The predicted molar refractivity (Wildman–Crippen MR) is 66.6 cm³/mol. The van der Waals surface area contributed by atoms with Crippen LogP contribution >= 0.6 is 0 Å². The quantitative estimate of drug-likeness (QED) is 0.861. The molecule has 2 N–H and O–H groups in total. The van der Waals surface area contributed by atoms with E-state index in [1.165, 1.54) is 16.3 Å². The van der Waals surface area contributed by atoms with Gasteiger partial charge in [-0.2, -0.15) is 5.10 Å². The van der Waals surface area contributed by atoms with Crippen molar-refractivity contribution in [2.24, 2.45) is 5.73 Å². The van der Waals surface area contributed by atoms with Gasteiger partial charge in [0, 0.05) is 18.3 Å². The summed E-state index contributed by atoms with van der Waals surface area (Å²) in [6.45, 7) is 2.42. The number of aryl methyl sites for hydroxylation is 1. The third-order valence-electron chi connectivity index (χ3n) is 2.66. The molecule has 1 aromatic heterocycles. The van der Waals surface area contributed by atoms with Crippen LogP contribution < -0.4 is 11.3 Å². The van der Waals surface area contributed by atoms with Gasteiger partial charge >= 0.3 is 0 Å². The van der Waals surface area contributed by atoms with Gasteiger partial charge in [-0.05, 0) is 18.6 Å². The predicted octanol–water partition coefficient (Wildman–Crippen LogP) is 1.25. The fourth-order valence-electron chi connectivity index (χ4n) is 1.63. The molecule has 0 amide bonds. The molecule has 0 radical (unpaired) electrons. The Kier molecular flexibility index (Phi) is 3.35. The van der Waals surface area contributed by atoms with Crippen molar-refractivity contribution in [3.63, 3.8) is 0 Å². The number of nitrogens with two attached hydrogens (primary N) is 1. The lowest BCUT2D eigenvalue weighted by Crippen LogP contribution is -2.27. The first kappa shape index (κ1) is 11.5. The van der Waals surface area contributed by atoms with Gasteiger partial charge in [0.2, 0.25) is 0 Å². The molecule has 0 fully saturated rings. The lowest BCUT2D eigenvalue weighted by molar-refractivity contribution is 0.504. The van der Waals surface area contributed by atoms with Crippen LogP contribution in [-0.2, 0) is 6.54 Å². The molecule has 17 heavy (non-hydrogen) atoms. The van der Waals surface area contributed by atoms with Gasteiger partial charge in [-0.1, -0.05) is 29.8 Å². The minimum atomic E-state index is -0.219. The van der Waals surface area contributed by atoms with E-state index in [4.69, 9.17) is 5.73 Å². The highest BCUT2D eigenvalue weighted by Crippen LogP contribution is 2.12. The Morgan fingerprint density at radius 3 is 2.65 bits per heavy atom. The van der Waals surface area contributed by atoms with Crippen molar-refractivity contribution in [1.82, 2.24) is 9.78 Å². The summed E-state index contributed by atoms with van der Waals surface area (Å²) in [5, 5.41) is 3.99. The highest BCUT2D eigenvalue weighted by molar-refractivity contribution is 5.23. The van der Waals surface area contributed by atoms with Crippen LogP contribution in [0.5, 0.6) is 0 Å². The average Bonchev–Trinajstić information content (AvgIpc) is 2.33. The number of benzene rings is 1. The Balaban J connectivity index is 2.17. The van der Waals surface area contributed by atoms with E-state index in [0.717, 1.165) is 5.56 Å². The van der Waals surface area contributed by atoms with Crippen LogP contribution in [-0.4, -0.2) is 9.78 Å². The Labute approximate surface area is 99.7 Å². The van der Waals surface area contributed by atoms with Crippen LogP contribution in [0.2, 0.25) is 0 Å². The van der Waals surface area contributed by atoms with E-state index >= 15 is 0 Å². The normalized spacial score (nSPS) is 12.4. The second-order valence-corrected chi connectivity index (χ2v) is 4.06. The van der Waals surface area contributed by atoms with E-state index in [1.807, 2.05) is 31.2 Å². The van der Waals surface area contributed by atoms with Gasteiger partial charge in [-0.15, -0.1) is 0 Å². The molecule has 0 saturated heterocycles. The van der Waals surface area contributed by atoms with E-state index in [0.29, 0.717) is 6.54 Å². The summed E-state index contributed by atoms with van der Waals surface area (Å²) in [5.41, 5.74) is 8.11. The maximum Gasteiger partial charge on any atom is 0.266 e. The standard InChI is InChI=1S/C13H15N3O/c1-10-4-6-11(7-5-10)12(14)9-16-13(17)3-2-8-15-16/h2-8,12H,9,14H2,1H3. The zero-order chi connectivity index (χ0) is 12.3. The fraction of sp³-hybridized carbons (Fsp3) is 0.231. The lowest BCUT2D eigenvalue weighted by Gasteiger charge is -2.12. The third-order valence-corrected chi connectivity index (χ3v) is 2.66. The van der Waals surface area contributed by atoms with Crippen molar-refractivity contribution in [2.75, 3.05) is 0 Å². The number of nitrogens with zero attached hydrogens (tertiary/aromatic N) is 2. The molecule has 1 heterocycles. The zero-order valence-corrected chi connectivity index (χ0v) is 9.71. The molecule has 2 aromatic rings. The van der Waals surface area contributed by atoms with Gasteiger partial charge in [0.1, 0.15) is 0 Å². The highest BCUT2D eigenvalue weighted by atomic mass is 16.1. The summed E-state index contributed by atoms with van der Waals surface area (Å²) in [6.07, 6.45) is 1.59. The van der Waals surface area contributed by atoms with E-state index in [2.05, 4.69) is 5.10 Å². The first-order valence-corrected chi connectivity index (χ1v) is 5.51. The zero-order valence-electron chi connectivity index (χ0n) is 9.71. The van der Waals surface area contributed by atoms with Crippen molar-refractivity contribution in [1.29, 1.82) is 0 Å². The van der Waals surface area contributed by atoms with Gasteiger partial charge < -0.3 is 5.73 Å². The van der Waals surface area contributed by atoms with Gasteiger partial charge in [-0.3, -0.25) is 4.79 Å². The molecular formula is C13H15N3O. The largest absolute Gasteiger partial charge is 0.322 e. The Morgan fingerprint density at radius 2 is 2.00 bits per heavy atom. The topological polar surface area (TPSA) is 60.9 Å². The molecule has 0 saturated carbocycles. The molecular weight excluding hydrogens is 214 g/mol. The van der Waals surface area contributed by atoms with Crippen molar-refractivity contribution >= 4 is 0 Å². The monoisotopic (exact) mass is 229 g/mol. The maximum atomic E-state index is 11.5. The Morgan fingerprint density at radius 1 is 1.29 bits per heavy atom. The minimum absolute atomic E-state index is 0.130. The van der Waals surface area contributed by atoms with Crippen LogP contribution in [0.25, 0.3) is 0 Å². The summed E-state index contributed by atoms with van der Waals surface area (Å²) >= 11 is 0. The summed E-state index contributed by atoms with van der Waals surface area (Å²) in [6, 6.07) is 10.9. The van der Waals surface area contributed by atoms with Crippen molar-refractivity contribution < 1.29 is 0 Å². The molecule has 2 rings (SSSR count). The van der Waals surface area contributed by atoms with Crippen LogP contribution in [0.1, 0.15) is 17.2 Å². The smallest absolute Gasteiger partial charge is 0.266 e. The molecule has 4 heteroatoms. The molecule has 0 aliphatic heterocycles. The Bertz CT molecular complexity index is 545. The van der Waals surface area contributed by atoms with Crippen LogP contribution in [0.4, 0.5) is 0 Å². The van der Waals surface area contributed by atoms with E-state index in [1.54, 1.807) is 12.3 Å². The number of hydrogen-bond donors (Lipinski definition) is 1. The van der Waals surface area contributed by atoms with Gasteiger partial charge in [0.05, 0.1) is 6.54 Å². The number of rotatable bonds is 3. The van der Waals surface area contributed by atoms with Crippen molar-refractivity contribution in [2.45, 2.75) is 19.5 Å². The van der Waals surface area contributed by atoms with Gasteiger partial charge in [0.15, 0.2) is 0 Å². The first-order chi connectivity index (χ1) is 8.16. The summed E-state index contributed by atoms with van der Waals surface area (Å²) in [5.74, 6) is 0. The van der Waals surface area contributed by atoms with Crippen molar-refractivity contribution in [3.8, 4) is 0 Å². The molecule has 1 atom stereocenters. The molecule has 1 unspecified atom stereocenters. The molecule has 0 aliphatic rings.